The maximum absolute atomic E-state index is 11.5. The summed E-state index contributed by atoms with van der Waals surface area (Å²) in [5.41, 5.74) is 1.78. The second kappa shape index (κ2) is 4.55. The molecule has 2 aromatic rings. The van der Waals surface area contributed by atoms with E-state index in [4.69, 9.17) is 4.74 Å². The van der Waals surface area contributed by atoms with Gasteiger partial charge in [0.2, 0.25) is 0 Å². The van der Waals surface area contributed by atoms with Gasteiger partial charge in [-0.3, -0.25) is 0 Å². The first-order valence-electron chi connectivity index (χ1n) is 5.43. The van der Waals surface area contributed by atoms with Gasteiger partial charge in [-0.15, -0.1) is 0 Å². The Morgan fingerprint density at radius 2 is 2.35 bits per heavy atom. The maximum atomic E-state index is 11.5. The molecule has 0 aliphatic rings. The molecule has 1 N–H and O–H groups in total. The van der Waals surface area contributed by atoms with Crippen molar-refractivity contribution in [3.05, 3.63) is 35.8 Å². The number of hydrogen-bond acceptors (Lipinski definition) is 4. The summed E-state index contributed by atoms with van der Waals surface area (Å²) in [6, 6.07) is 5.48. The molecule has 0 saturated heterocycles. The molecule has 0 spiro atoms. The molecular formula is C12H14N2O3. The smallest absolute Gasteiger partial charge is 0.341 e. The maximum Gasteiger partial charge on any atom is 0.341 e. The summed E-state index contributed by atoms with van der Waals surface area (Å²) < 4.78 is 6.49. The zero-order valence-corrected chi connectivity index (χ0v) is 9.75. The topological polar surface area (TPSA) is 63.8 Å². The molecule has 1 atom stereocenters. The van der Waals surface area contributed by atoms with Crippen LogP contribution in [0.15, 0.2) is 24.4 Å². The van der Waals surface area contributed by atoms with E-state index >= 15 is 0 Å². The lowest BCUT2D eigenvalue weighted by atomic mass is 10.2. The Kier molecular flexibility index (Phi) is 3.10. The summed E-state index contributed by atoms with van der Waals surface area (Å²) in [6.07, 6.45) is 0.458. The molecule has 2 heterocycles. The number of pyridine rings is 1. The van der Waals surface area contributed by atoms with E-state index in [1.54, 1.807) is 24.4 Å². The van der Waals surface area contributed by atoms with Crippen molar-refractivity contribution >= 4 is 11.6 Å². The SMILES string of the molecule is CCOC(=O)C(O)c1c(C)nc2ccccn12. The third kappa shape index (κ3) is 2.01. The molecule has 1 unspecified atom stereocenters. The minimum Gasteiger partial charge on any atom is -0.464 e. The molecule has 2 rings (SSSR count). The van der Waals surface area contributed by atoms with E-state index in [0.29, 0.717) is 17.0 Å². The van der Waals surface area contributed by atoms with Crippen LogP contribution in [-0.2, 0) is 9.53 Å². The normalized spacial score (nSPS) is 12.6. The van der Waals surface area contributed by atoms with Crippen molar-refractivity contribution in [2.75, 3.05) is 6.61 Å². The van der Waals surface area contributed by atoms with Gasteiger partial charge in [0, 0.05) is 6.20 Å². The van der Waals surface area contributed by atoms with Crippen LogP contribution in [0.1, 0.15) is 24.4 Å². The van der Waals surface area contributed by atoms with Gasteiger partial charge in [0.05, 0.1) is 18.0 Å². The lowest BCUT2D eigenvalue weighted by molar-refractivity contribution is -0.153. The fourth-order valence-electron chi connectivity index (χ4n) is 1.79. The van der Waals surface area contributed by atoms with Gasteiger partial charge in [-0.1, -0.05) is 6.07 Å². The minimum absolute atomic E-state index is 0.242. The average molecular weight is 234 g/mol. The Morgan fingerprint density at radius 1 is 1.59 bits per heavy atom. The summed E-state index contributed by atoms with van der Waals surface area (Å²) in [5, 5.41) is 9.95. The standard InChI is InChI=1S/C12H14N2O3/c1-3-17-12(16)11(15)10-8(2)13-9-6-4-5-7-14(9)10/h4-7,11,15H,3H2,1-2H3. The third-order valence-electron chi connectivity index (χ3n) is 2.52. The minimum atomic E-state index is -1.30. The zero-order valence-electron chi connectivity index (χ0n) is 9.75. The number of aromatic nitrogens is 2. The first kappa shape index (κ1) is 11.6. The first-order chi connectivity index (χ1) is 8.15. The van der Waals surface area contributed by atoms with Gasteiger partial charge in [0.1, 0.15) is 5.65 Å². The third-order valence-corrected chi connectivity index (χ3v) is 2.52. The van der Waals surface area contributed by atoms with E-state index in [2.05, 4.69) is 4.98 Å². The van der Waals surface area contributed by atoms with Crippen molar-refractivity contribution in [2.45, 2.75) is 20.0 Å². The van der Waals surface area contributed by atoms with E-state index < -0.39 is 12.1 Å². The van der Waals surface area contributed by atoms with E-state index in [1.807, 2.05) is 18.2 Å². The van der Waals surface area contributed by atoms with Crippen molar-refractivity contribution in [1.82, 2.24) is 9.38 Å². The number of carbonyl (C=O) groups is 1. The number of ether oxygens (including phenoxy) is 1. The molecule has 17 heavy (non-hydrogen) atoms. The van der Waals surface area contributed by atoms with Gasteiger partial charge < -0.3 is 14.2 Å². The Bertz CT molecular complexity index is 548. The lowest BCUT2D eigenvalue weighted by Crippen LogP contribution is -2.17. The van der Waals surface area contributed by atoms with Crippen molar-refractivity contribution in [3.63, 3.8) is 0 Å². The second-order valence-corrected chi connectivity index (χ2v) is 3.67. The number of imidazole rings is 1. The van der Waals surface area contributed by atoms with Crippen LogP contribution in [0.3, 0.4) is 0 Å². The number of rotatable bonds is 3. The van der Waals surface area contributed by atoms with E-state index in [-0.39, 0.29) is 6.61 Å². The van der Waals surface area contributed by atoms with Gasteiger partial charge in [0.25, 0.3) is 0 Å². The van der Waals surface area contributed by atoms with Crippen LogP contribution in [0.25, 0.3) is 5.65 Å². The predicted molar refractivity (Wildman–Crippen MR) is 61.5 cm³/mol. The summed E-state index contributed by atoms with van der Waals surface area (Å²) in [7, 11) is 0. The molecule has 0 radical (unpaired) electrons. The Balaban J connectivity index is 2.47. The van der Waals surface area contributed by atoms with E-state index in [1.165, 1.54) is 0 Å². The van der Waals surface area contributed by atoms with Gasteiger partial charge in [-0.05, 0) is 26.0 Å². The summed E-state index contributed by atoms with van der Waals surface area (Å²) in [5.74, 6) is -0.652. The van der Waals surface area contributed by atoms with Crippen molar-refractivity contribution in [1.29, 1.82) is 0 Å². The predicted octanol–water partition coefficient (Wildman–Crippen LogP) is 1.24. The largest absolute Gasteiger partial charge is 0.464 e. The first-order valence-corrected chi connectivity index (χ1v) is 5.43. The zero-order chi connectivity index (χ0) is 12.4. The van der Waals surface area contributed by atoms with Gasteiger partial charge >= 0.3 is 5.97 Å². The molecule has 5 heteroatoms. The number of esters is 1. The average Bonchev–Trinajstić information content (AvgIpc) is 2.64. The number of aliphatic hydroxyl groups is 1. The molecule has 2 aromatic heterocycles. The van der Waals surface area contributed by atoms with E-state index in [0.717, 1.165) is 0 Å². The van der Waals surface area contributed by atoms with E-state index in [9.17, 15) is 9.90 Å². The lowest BCUT2D eigenvalue weighted by Gasteiger charge is -2.10. The van der Waals surface area contributed by atoms with Crippen LogP contribution in [-0.4, -0.2) is 27.1 Å². The number of carbonyl (C=O) groups excluding carboxylic acids is 1. The molecule has 0 aliphatic carbocycles. The summed E-state index contributed by atoms with van der Waals surface area (Å²) in [6.45, 7) is 3.70. The highest BCUT2D eigenvalue weighted by atomic mass is 16.5. The molecular weight excluding hydrogens is 220 g/mol. The molecule has 0 aliphatic heterocycles. The number of aliphatic hydroxyl groups excluding tert-OH is 1. The van der Waals surface area contributed by atoms with Crippen LogP contribution in [0.5, 0.6) is 0 Å². The molecule has 0 amide bonds. The fourth-order valence-corrected chi connectivity index (χ4v) is 1.79. The highest BCUT2D eigenvalue weighted by Gasteiger charge is 2.24. The highest BCUT2D eigenvalue weighted by molar-refractivity contribution is 5.76. The van der Waals surface area contributed by atoms with Crippen LogP contribution < -0.4 is 0 Å². The summed E-state index contributed by atoms with van der Waals surface area (Å²) >= 11 is 0. The van der Waals surface area contributed by atoms with Crippen molar-refractivity contribution < 1.29 is 14.6 Å². The van der Waals surface area contributed by atoms with Crippen LogP contribution >= 0.6 is 0 Å². The van der Waals surface area contributed by atoms with Crippen LogP contribution in [0, 0.1) is 6.92 Å². The number of fused-ring (bicyclic) bond motifs is 1. The number of aryl methyl sites for hydroxylation is 1. The Morgan fingerprint density at radius 3 is 3.06 bits per heavy atom. The number of hydrogen-bond donors (Lipinski definition) is 1. The van der Waals surface area contributed by atoms with Crippen LogP contribution in [0.2, 0.25) is 0 Å². The molecule has 90 valence electrons. The Labute approximate surface area is 98.7 Å². The van der Waals surface area contributed by atoms with Gasteiger partial charge in [0.15, 0.2) is 6.10 Å². The van der Waals surface area contributed by atoms with Crippen molar-refractivity contribution in [3.8, 4) is 0 Å². The monoisotopic (exact) mass is 234 g/mol. The molecule has 5 nitrogen and oxygen atoms in total. The molecule has 0 bridgehead atoms. The molecule has 0 fully saturated rings. The van der Waals surface area contributed by atoms with Crippen LogP contribution in [0.4, 0.5) is 0 Å². The van der Waals surface area contributed by atoms with Gasteiger partial charge in [-0.2, -0.15) is 0 Å². The van der Waals surface area contributed by atoms with Crippen molar-refractivity contribution in [2.24, 2.45) is 0 Å². The summed E-state index contributed by atoms with van der Waals surface area (Å²) in [4.78, 5) is 15.8. The number of nitrogens with zero attached hydrogens (tertiary/aromatic N) is 2. The highest BCUT2D eigenvalue weighted by Crippen LogP contribution is 2.20. The quantitative estimate of drug-likeness (QED) is 0.811. The second-order valence-electron chi connectivity index (χ2n) is 3.67. The Hall–Kier alpha value is -1.88. The molecule has 0 aromatic carbocycles. The van der Waals surface area contributed by atoms with Gasteiger partial charge in [-0.25, -0.2) is 9.78 Å². The molecule has 0 saturated carbocycles. The fraction of sp³-hybridized carbons (Fsp3) is 0.333.